The monoisotopic (exact) mass is 125 g/mol. The third-order valence-corrected chi connectivity index (χ3v) is 1.73. The Morgan fingerprint density at radius 3 is 2.44 bits per heavy atom. The van der Waals surface area contributed by atoms with Gasteiger partial charge in [-0.05, 0) is 19.8 Å². The topological polar surface area (TPSA) is 20.3 Å². The number of nitrogens with zero attached hydrogens (tertiary/aromatic N) is 1. The van der Waals surface area contributed by atoms with Gasteiger partial charge in [0.15, 0.2) is 0 Å². The van der Waals surface area contributed by atoms with Crippen LogP contribution in [0.25, 0.3) is 0 Å². The maximum absolute atomic E-state index is 10.1. The molecule has 1 saturated heterocycles. The lowest BCUT2D eigenvalue weighted by Gasteiger charge is -2.13. The highest BCUT2D eigenvalue weighted by molar-refractivity contribution is 5.50. The van der Waals surface area contributed by atoms with E-state index in [2.05, 4.69) is 4.90 Å². The summed E-state index contributed by atoms with van der Waals surface area (Å²) in [5.74, 6) is 1.90. The number of rotatable bonds is 1. The van der Waals surface area contributed by atoms with Crippen molar-refractivity contribution < 1.29 is 4.79 Å². The first-order valence-corrected chi connectivity index (χ1v) is 3.31. The zero-order valence-corrected chi connectivity index (χ0v) is 5.68. The molecular formula is C7H11NO. The van der Waals surface area contributed by atoms with E-state index in [9.17, 15) is 4.79 Å². The van der Waals surface area contributed by atoms with Gasteiger partial charge in [0.25, 0.3) is 0 Å². The summed E-state index contributed by atoms with van der Waals surface area (Å²) in [4.78, 5) is 12.2. The molecule has 0 aromatic rings. The van der Waals surface area contributed by atoms with E-state index in [-0.39, 0.29) is 0 Å². The van der Waals surface area contributed by atoms with Gasteiger partial charge in [-0.3, -0.25) is 0 Å². The van der Waals surface area contributed by atoms with Crippen LogP contribution in [-0.2, 0) is 4.79 Å². The van der Waals surface area contributed by atoms with E-state index in [1.54, 1.807) is 0 Å². The number of likely N-dealkylation sites (tertiary alicyclic amines) is 1. The molecule has 0 atom stereocenters. The van der Waals surface area contributed by atoms with Gasteiger partial charge in [0, 0.05) is 13.1 Å². The van der Waals surface area contributed by atoms with Crippen LogP contribution in [0.4, 0.5) is 0 Å². The van der Waals surface area contributed by atoms with E-state index in [4.69, 9.17) is 0 Å². The molecule has 1 aliphatic rings. The first kappa shape index (κ1) is 6.37. The minimum Gasteiger partial charge on any atom is -0.366 e. The molecular weight excluding hydrogens is 114 g/mol. The van der Waals surface area contributed by atoms with E-state index < -0.39 is 0 Å². The van der Waals surface area contributed by atoms with Gasteiger partial charge < -0.3 is 4.90 Å². The van der Waals surface area contributed by atoms with Crippen LogP contribution in [0.5, 0.6) is 0 Å². The first-order chi connectivity index (χ1) is 4.34. The second-order valence-electron chi connectivity index (χ2n) is 2.38. The van der Waals surface area contributed by atoms with Crippen LogP contribution >= 0.6 is 0 Å². The first-order valence-electron chi connectivity index (χ1n) is 3.31. The predicted molar refractivity (Wildman–Crippen MR) is 35.7 cm³/mol. The summed E-state index contributed by atoms with van der Waals surface area (Å²) in [5, 5.41) is 0. The molecule has 0 saturated carbocycles. The minimum absolute atomic E-state index is 0.757. The Morgan fingerprint density at radius 1 is 1.44 bits per heavy atom. The van der Waals surface area contributed by atoms with Crippen molar-refractivity contribution in [1.29, 1.82) is 0 Å². The lowest BCUT2D eigenvalue weighted by Crippen LogP contribution is -2.16. The van der Waals surface area contributed by atoms with Crippen molar-refractivity contribution in [3.05, 3.63) is 5.70 Å². The minimum atomic E-state index is 0.757. The molecule has 1 heterocycles. The molecule has 0 aliphatic carbocycles. The SMILES string of the molecule is CC(=C=O)N1CCCC1. The molecule has 9 heavy (non-hydrogen) atoms. The van der Waals surface area contributed by atoms with Crippen molar-refractivity contribution in [2.24, 2.45) is 0 Å². The predicted octanol–water partition coefficient (Wildman–Crippen LogP) is 0.818. The van der Waals surface area contributed by atoms with E-state index >= 15 is 0 Å². The van der Waals surface area contributed by atoms with E-state index in [1.165, 1.54) is 12.8 Å². The number of hydrogen-bond donors (Lipinski definition) is 0. The molecule has 0 N–H and O–H groups in total. The fourth-order valence-corrected chi connectivity index (χ4v) is 1.12. The van der Waals surface area contributed by atoms with Gasteiger partial charge >= 0.3 is 0 Å². The van der Waals surface area contributed by atoms with Gasteiger partial charge in [-0.1, -0.05) is 0 Å². The quantitative estimate of drug-likeness (QED) is 0.483. The van der Waals surface area contributed by atoms with Gasteiger partial charge in [0.1, 0.15) is 5.94 Å². The zero-order chi connectivity index (χ0) is 6.69. The molecule has 0 aromatic heterocycles. The highest BCUT2D eigenvalue weighted by atomic mass is 16.1. The van der Waals surface area contributed by atoms with E-state index in [0.29, 0.717) is 0 Å². The molecule has 1 rings (SSSR count). The van der Waals surface area contributed by atoms with Gasteiger partial charge in [-0.2, -0.15) is 0 Å². The highest BCUT2D eigenvalue weighted by Crippen LogP contribution is 2.11. The van der Waals surface area contributed by atoms with Gasteiger partial charge in [0.2, 0.25) is 0 Å². The maximum Gasteiger partial charge on any atom is 0.145 e. The zero-order valence-electron chi connectivity index (χ0n) is 5.68. The molecule has 1 aliphatic heterocycles. The smallest absolute Gasteiger partial charge is 0.145 e. The molecule has 0 spiro atoms. The van der Waals surface area contributed by atoms with Crippen molar-refractivity contribution in [3.63, 3.8) is 0 Å². The normalized spacial score (nSPS) is 17.7. The summed E-state index contributed by atoms with van der Waals surface area (Å²) in [6.07, 6.45) is 2.44. The van der Waals surface area contributed by atoms with E-state index in [1.807, 2.05) is 12.9 Å². The summed E-state index contributed by atoms with van der Waals surface area (Å²) >= 11 is 0. The van der Waals surface area contributed by atoms with Crippen molar-refractivity contribution in [2.75, 3.05) is 13.1 Å². The lowest BCUT2D eigenvalue weighted by atomic mass is 10.4. The number of hydrogen-bond acceptors (Lipinski definition) is 2. The third kappa shape index (κ3) is 1.33. The van der Waals surface area contributed by atoms with Crippen molar-refractivity contribution in [3.8, 4) is 0 Å². The van der Waals surface area contributed by atoms with Crippen LogP contribution in [-0.4, -0.2) is 23.9 Å². The van der Waals surface area contributed by atoms with Crippen LogP contribution in [0.15, 0.2) is 5.70 Å². The van der Waals surface area contributed by atoms with Gasteiger partial charge in [-0.25, -0.2) is 4.79 Å². The van der Waals surface area contributed by atoms with E-state index in [0.717, 1.165) is 18.8 Å². The van der Waals surface area contributed by atoms with Crippen LogP contribution in [0, 0.1) is 0 Å². The number of allylic oxidation sites excluding steroid dienone is 1. The van der Waals surface area contributed by atoms with Crippen molar-refractivity contribution >= 4 is 5.94 Å². The summed E-state index contributed by atoms with van der Waals surface area (Å²) in [6.45, 7) is 3.90. The Morgan fingerprint density at radius 2 is 2.00 bits per heavy atom. The average Bonchev–Trinajstić information content (AvgIpc) is 2.37. The van der Waals surface area contributed by atoms with Crippen molar-refractivity contribution in [2.45, 2.75) is 19.8 Å². The Bertz CT molecular complexity index is 141. The van der Waals surface area contributed by atoms with Crippen LogP contribution in [0.3, 0.4) is 0 Å². The van der Waals surface area contributed by atoms with Crippen LogP contribution in [0.2, 0.25) is 0 Å². The second-order valence-corrected chi connectivity index (χ2v) is 2.38. The van der Waals surface area contributed by atoms with Crippen LogP contribution < -0.4 is 0 Å². The summed E-state index contributed by atoms with van der Waals surface area (Å²) in [7, 11) is 0. The molecule has 2 nitrogen and oxygen atoms in total. The molecule has 0 unspecified atom stereocenters. The lowest BCUT2D eigenvalue weighted by molar-refractivity contribution is 0.427. The molecule has 0 aromatic carbocycles. The summed E-state index contributed by atoms with van der Waals surface area (Å²) in [6, 6.07) is 0. The van der Waals surface area contributed by atoms with Crippen LogP contribution in [0.1, 0.15) is 19.8 Å². The van der Waals surface area contributed by atoms with Gasteiger partial charge in [-0.15, -0.1) is 0 Å². The molecule has 1 fully saturated rings. The molecule has 2 heteroatoms. The fourth-order valence-electron chi connectivity index (χ4n) is 1.12. The van der Waals surface area contributed by atoms with Crippen molar-refractivity contribution in [1.82, 2.24) is 4.90 Å². The standard InChI is InChI=1S/C7H11NO/c1-7(6-9)8-4-2-3-5-8/h2-5H2,1H3. The summed E-state index contributed by atoms with van der Waals surface area (Å²) in [5.41, 5.74) is 0.757. The average molecular weight is 125 g/mol. The Balaban J connectivity index is 2.51. The van der Waals surface area contributed by atoms with Gasteiger partial charge in [0.05, 0.1) is 5.70 Å². The second kappa shape index (κ2) is 2.70. The Hall–Kier alpha value is -0.750. The Kier molecular flexibility index (Phi) is 1.91. The Labute approximate surface area is 55.2 Å². The maximum atomic E-state index is 10.1. The molecule has 0 radical (unpaired) electrons. The number of carbonyl (C=O) groups excluding carboxylic acids is 1. The summed E-state index contributed by atoms with van der Waals surface area (Å²) < 4.78 is 0. The molecule has 0 bridgehead atoms. The fraction of sp³-hybridized carbons (Fsp3) is 0.714. The third-order valence-electron chi connectivity index (χ3n) is 1.73. The highest BCUT2D eigenvalue weighted by Gasteiger charge is 2.11. The largest absolute Gasteiger partial charge is 0.366 e. The molecule has 50 valence electrons. The molecule has 0 amide bonds.